The zero-order chi connectivity index (χ0) is 10.6. The summed E-state index contributed by atoms with van der Waals surface area (Å²) in [4.78, 5) is 11.3. The fourth-order valence-electron chi connectivity index (χ4n) is 1.13. The first-order valence-corrected chi connectivity index (χ1v) is 4.42. The fourth-order valence-corrected chi connectivity index (χ4v) is 1.30. The molecule has 0 saturated heterocycles. The van der Waals surface area contributed by atoms with Gasteiger partial charge in [0.1, 0.15) is 0 Å². The summed E-state index contributed by atoms with van der Waals surface area (Å²) in [6, 6.07) is 5.03. The van der Waals surface area contributed by atoms with Gasteiger partial charge in [0.25, 0.3) is 0 Å². The number of benzene rings is 1. The van der Waals surface area contributed by atoms with Crippen LogP contribution >= 0.6 is 11.6 Å². The van der Waals surface area contributed by atoms with Gasteiger partial charge in [-0.05, 0) is 17.7 Å². The van der Waals surface area contributed by atoms with Gasteiger partial charge >= 0.3 is 5.97 Å². The Hall–Kier alpha value is -1.06. The number of hydrogen-bond donors (Lipinski definition) is 0. The minimum atomic E-state index is -0.403. The summed E-state index contributed by atoms with van der Waals surface area (Å²) in [6.45, 7) is 0.363. The summed E-state index contributed by atoms with van der Waals surface area (Å²) >= 11 is 5.77. The predicted octanol–water partition coefficient (Wildman–Crippen LogP) is 2.27. The number of methoxy groups -OCH3 is 2. The standard InChI is InChI=1S/C10H11ClO3/c1-13-6-7-3-4-8(11)5-9(7)10(12)14-2/h3-5H,6H2,1-2H3. The summed E-state index contributed by atoms with van der Waals surface area (Å²) in [5.41, 5.74) is 1.21. The van der Waals surface area contributed by atoms with Gasteiger partial charge in [0.05, 0.1) is 19.3 Å². The highest BCUT2D eigenvalue weighted by atomic mass is 35.5. The SMILES string of the molecule is COCc1ccc(Cl)cc1C(=O)OC. The van der Waals surface area contributed by atoms with Crippen LogP contribution in [0, 0.1) is 0 Å². The van der Waals surface area contributed by atoms with Crippen LogP contribution in [0.5, 0.6) is 0 Å². The molecule has 0 bridgehead atoms. The van der Waals surface area contributed by atoms with E-state index in [2.05, 4.69) is 4.74 Å². The van der Waals surface area contributed by atoms with Crippen LogP contribution < -0.4 is 0 Å². The highest BCUT2D eigenvalue weighted by Crippen LogP contribution is 2.17. The van der Waals surface area contributed by atoms with Crippen molar-refractivity contribution in [2.45, 2.75) is 6.61 Å². The molecule has 0 amide bonds. The molecule has 4 heteroatoms. The molecule has 0 aliphatic rings. The largest absolute Gasteiger partial charge is 0.465 e. The highest BCUT2D eigenvalue weighted by Gasteiger charge is 2.11. The first-order chi connectivity index (χ1) is 6.69. The van der Waals surface area contributed by atoms with E-state index < -0.39 is 5.97 Å². The Morgan fingerprint density at radius 1 is 1.43 bits per heavy atom. The first-order valence-electron chi connectivity index (χ1n) is 4.04. The molecule has 14 heavy (non-hydrogen) atoms. The van der Waals surface area contributed by atoms with E-state index in [-0.39, 0.29) is 0 Å². The summed E-state index contributed by atoms with van der Waals surface area (Å²) in [6.07, 6.45) is 0. The van der Waals surface area contributed by atoms with Crippen molar-refractivity contribution in [1.29, 1.82) is 0 Å². The van der Waals surface area contributed by atoms with Gasteiger partial charge in [-0.25, -0.2) is 4.79 Å². The van der Waals surface area contributed by atoms with Crippen LogP contribution in [0.1, 0.15) is 15.9 Å². The number of rotatable bonds is 3. The smallest absolute Gasteiger partial charge is 0.338 e. The molecule has 1 aromatic carbocycles. The number of ether oxygens (including phenoxy) is 2. The van der Waals surface area contributed by atoms with Gasteiger partial charge in [0.15, 0.2) is 0 Å². The summed E-state index contributed by atoms with van der Waals surface area (Å²) in [7, 11) is 2.90. The molecule has 1 aromatic rings. The Balaban J connectivity index is 3.08. The highest BCUT2D eigenvalue weighted by molar-refractivity contribution is 6.31. The maximum atomic E-state index is 11.3. The number of esters is 1. The number of carbonyl (C=O) groups excluding carboxylic acids is 1. The normalized spacial score (nSPS) is 9.93. The summed E-state index contributed by atoms with van der Waals surface area (Å²) < 4.78 is 9.58. The molecule has 0 atom stereocenters. The molecule has 0 unspecified atom stereocenters. The van der Waals surface area contributed by atoms with Crippen LogP contribution in [0.4, 0.5) is 0 Å². The molecule has 0 aliphatic heterocycles. The van der Waals surface area contributed by atoms with Crippen molar-refractivity contribution in [3.05, 3.63) is 34.3 Å². The van der Waals surface area contributed by atoms with Crippen LogP contribution in [0.15, 0.2) is 18.2 Å². The molecule has 0 aromatic heterocycles. The van der Waals surface area contributed by atoms with Crippen molar-refractivity contribution in [2.75, 3.05) is 14.2 Å². The van der Waals surface area contributed by atoms with Gasteiger partial charge in [-0.2, -0.15) is 0 Å². The predicted molar refractivity (Wildman–Crippen MR) is 53.5 cm³/mol. The van der Waals surface area contributed by atoms with Crippen LogP contribution in [-0.4, -0.2) is 20.2 Å². The molecule has 0 fully saturated rings. The second kappa shape index (κ2) is 4.98. The van der Waals surface area contributed by atoms with Crippen LogP contribution in [-0.2, 0) is 16.1 Å². The number of carbonyl (C=O) groups is 1. The Labute approximate surface area is 87.6 Å². The average Bonchev–Trinajstić information content (AvgIpc) is 2.20. The van der Waals surface area contributed by atoms with E-state index in [4.69, 9.17) is 16.3 Å². The number of hydrogen-bond acceptors (Lipinski definition) is 3. The van der Waals surface area contributed by atoms with E-state index in [1.807, 2.05) is 0 Å². The topological polar surface area (TPSA) is 35.5 Å². The minimum Gasteiger partial charge on any atom is -0.465 e. The van der Waals surface area contributed by atoms with E-state index in [1.165, 1.54) is 7.11 Å². The molecular weight excluding hydrogens is 204 g/mol. The van der Waals surface area contributed by atoms with E-state index in [1.54, 1.807) is 25.3 Å². The molecule has 0 saturated carbocycles. The second-order valence-corrected chi connectivity index (χ2v) is 3.16. The molecule has 3 nitrogen and oxygen atoms in total. The Morgan fingerprint density at radius 3 is 2.71 bits per heavy atom. The monoisotopic (exact) mass is 214 g/mol. The zero-order valence-corrected chi connectivity index (χ0v) is 8.80. The Bertz CT molecular complexity index is 336. The van der Waals surface area contributed by atoms with Gasteiger partial charge in [-0.3, -0.25) is 0 Å². The van der Waals surface area contributed by atoms with Crippen molar-refractivity contribution in [3.8, 4) is 0 Å². The molecule has 1 rings (SSSR count). The van der Waals surface area contributed by atoms with Gasteiger partial charge in [-0.15, -0.1) is 0 Å². The van der Waals surface area contributed by atoms with Gasteiger partial charge < -0.3 is 9.47 Å². The summed E-state index contributed by atoms with van der Waals surface area (Å²) in [5.74, 6) is -0.403. The van der Waals surface area contributed by atoms with Crippen molar-refractivity contribution in [2.24, 2.45) is 0 Å². The lowest BCUT2D eigenvalue weighted by atomic mass is 10.1. The molecule has 0 N–H and O–H groups in total. The molecular formula is C10H11ClO3. The third-order valence-electron chi connectivity index (χ3n) is 1.78. The number of halogens is 1. The van der Waals surface area contributed by atoms with Crippen LogP contribution in [0.2, 0.25) is 5.02 Å². The van der Waals surface area contributed by atoms with E-state index in [0.29, 0.717) is 17.2 Å². The summed E-state index contributed by atoms with van der Waals surface area (Å²) in [5, 5.41) is 0.505. The van der Waals surface area contributed by atoms with Crippen molar-refractivity contribution < 1.29 is 14.3 Å². The van der Waals surface area contributed by atoms with Crippen molar-refractivity contribution in [3.63, 3.8) is 0 Å². The van der Waals surface area contributed by atoms with E-state index in [9.17, 15) is 4.79 Å². The third kappa shape index (κ3) is 2.47. The quantitative estimate of drug-likeness (QED) is 0.725. The molecule has 76 valence electrons. The Kier molecular flexibility index (Phi) is 3.92. The lowest BCUT2D eigenvalue weighted by Gasteiger charge is -2.06. The van der Waals surface area contributed by atoms with E-state index >= 15 is 0 Å². The van der Waals surface area contributed by atoms with Crippen molar-refractivity contribution in [1.82, 2.24) is 0 Å². The lowest BCUT2D eigenvalue weighted by Crippen LogP contribution is -2.06. The molecule has 0 spiro atoms. The average molecular weight is 215 g/mol. The lowest BCUT2D eigenvalue weighted by molar-refractivity contribution is 0.0596. The minimum absolute atomic E-state index is 0.363. The van der Waals surface area contributed by atoms with E-state index in [0.717, 1.165) is 5.56 Å². The third-order valence-corrected chi connectivity index (χ3v) is 2.01. The Morgan fingerprint density at radius 2 is 2.14 bits per heavy atom. The van der Waals surface area contributed by atoms with Gasteiger partial charge in [0.2, 0.25) is 0 Å². The van der Waals surface area contributed by atoms with Gasteiger partial charge in [-0.1, -0.05) is 17.7 Å². The van der Waals surface area contributed by atoms with Gasteiger partial charge in [0, 0.05) is 12.1 Å². The van der Waals surface area contributed by atoms with Crippen LogP contribution in [0.25, 0.3) is 0 Å². The second-order valence-electron chi connectivity index (χ2n) is 2.73. The first kappa shape index (κ1) is 11.0. The fraction of sp³-hybridized carbons (Fsp3) is 0.300. The van der Waals surface area contributed by atoms with Crippen molar-refractivity contribution >= 4 is 17.6 Å². The molecule has 0 radical (unpaired) electrons. The molecule has 0 heterocycles. The zero-order valence-electron chi connectivity index (χ0n) is 8.04. The molecule has 0 aliphatic carbocycles. The maximum absolute atomic E-state index is 11.3. The maximum Gasteiger partial charge on any atom is 0.338 e. The van der Waals surface area contributed by atoms with Crippen LogP contribution in [0.3, 0.4) is 0 Å².